The molecule has 12 heteroatoms. The lowest BCUT2D eigenvalue weighted by molar-refractivity contribution is -0.137. The highest BCUT2D eigenvalue weighted by Gasteiger charge is 2.37. The Balaban J connectivity index is 1.45. The van der Waals surface area contributed by atoms with E-state index in [9.17, 15) is 19.2 Å². The number of fused-ring (bicyclic) bond motifs is 1. The Bertz CT molecular complexity index is 1180. The first-order chi connectivity index (χ1) is 17.6. The Hall–Kier alpha value is -3.38. The van der Waals surface area contributed by atoms with Crippen molar-refractivity contribution in [3.05, 3.63) is 39.5 Å². The van der Waals surface area contributed by atoms with E-state index >= 15 is 0 Å². The van der Waals surface area contributed by atoms with Crippen LogP contribution >= 0.6 is 11.3 Å². The van der Waals surface area contributed by atoms with E-state index in [1.807, 2.05) is 14.0 Å². The number of anilines is 1. The van der Waals surface area contributed by atoms with Crippen molar-refractivity contribution in [2.75, 3.05) is 33.0 Å². The normalized spacial score (nSPS) is 21.5. The first-order valence-corrected chi connectivity index (χ1v) is 13.2. The third-order valence-corrected chi connectivity index (χ3v) is 7.83. The summed E-state index contributed by atoms with van der Waals surface area (Å²) < 4.78 is 0. The molecule has 1 aliphatic heterocycles. The molecule has 4 rings (SSSR count). The summed E-state index contributed by atoms with van der Waals surface area (Å²) in [4.78, 5) is 64.5. The van der Waals surface area contributed by atoms with Crippen LogP contribution < -0.4 is 16.0 Å². The van der Waals surface area contributed by atoms with E-state index < -0.39 is 23.9 Å². The molecule has 0 saturated heterocycles. The first kappa shape index (κ1) is 26.7. The first-order valence-electron chi connectivity index (χ1n) is 12.3. The summed E-state index contributed by atoms with van der Waals surface area (Å²) >= 11 is 1.37. The molecule has 198 valence electrons. The van der Waals surface area contributed by atoms with Crippen LogP contribution in [-0.2, 0) is 27.3 Å². The number of rotatable bonds is 5. The standard InChI is InChI=1S/C25H33N7O4S/c1-14-5-8-20(26-12-14)30-22(34)21(33)27-16-7-6-15(25(36)31(2)3)11-18(16)28-23(35)24-29-17-9-10-32(4)13-19(17)37-24/h5,8,12,15-16,18H,6-7,9-11,13H2,1-4H3,(H,27,33)(H,28,35)(H,26,30,34). The van der Waals surface area contributed by atoms with E-state index in [4.69, 9.17) is 0 Å². The minimum Gasteiger partial charge on any atom is -0.349 e. The molecular formula is C25H33N7O4S. The molecule has 37 heavy (non-hydrogen) atoms. The fraction of sp³-hybridized carbons (Fsp3) is 0.520. The predicted molar refractivity (Wildman–Crippen MR) is 139 cm³/mol. The van der Waals surface area contributed by atoms with Crippen molar-refractivity contribution in [1.29, 1.82) is 0 Å². The van der Waals surface area contributed by atoms with Gasteiger partial charge in [0.15, 0.2) is 5.01 Å². The molecule has 1 aliphatic carbocycles. The van der Waals surface area contributed by atoms with Gasteiger partial charge in [0.05, 0.1) is 11.7 Å². The molecule has 3 heterocycles. The number of carbonyl (C=O) groups excluding carboxylic acids is 4. The number of nitrogens with zero attached hydrogens (tertiary/aromatic N) is 4. The summed E-state index contributed by atoms with van der Waals surface area (Å²) in [7, 11) is 5.43. The van der Waals surface area contributed by atoms with Gasteiger partial charge in [-0.15, -0.1) is 11.3 Å². The van der Waals surface area contributed by atoms with Crippen LogP contribution in [0.3, 0.4) is 0 Å². The Morgan fingerprint density at radius 3 is 2.57 bits per heavy atom. The van der Waals surface area contributed by atoms with Crippen LogP contribution in [0.1, 0.15) is 45.2 Å². The van der Waals surface area contributed by atoms with Crippen LogP contribution in [0.4, 0.5) is 5.82 Å². The molecule has 3 N–H and O–H groups in total. The van der Waals surface area contributed by atoms with Crippen molar-refractivity contribution in [2.24, 2.45) is 5.92 Å². The number of pyridine rings is 1. The van der Waals surface area contributed by atoms with Gasteiger partial charge in [-0.3, -0.25) is 19.2 Å². The van der Waals surface area contributed by atoms with E-state index in [2.05, 4.69) is 30.8 Å². The van der Waals surface area contributed by atoms with Gasteiger partial charge in [0, 0.05) is 56.6 Å². The van der Waals surface area contributed by atoms with Crippen LogP contribution in [0.25, 0.3) is 0 Å². The molecule has 2 aliphatic rings. The van der Waals surface area contributed by atoms with Gasteiger partial charge in [-0.05, 0) is 44.9 Å². The minimum atomic E-state index is -0.843. The highest BCUT2D eigenvalue weighted by Crippen LogP contribution is 2.28. The zero-order valence-electron chi connectivity index (χ0n) is 21.5. The molecule has 2 aromatic heterocycles. The van der Waals surface area contributed by atoms with Crippen LogP contribution in [0.15, 0.2) is 18.3 Å². The third kappa shape index (κ3) is 6.50. The Kier molecular flexibility index (Phi) is 8.18. The summed E-state index contributed by atoms with van der Waals surface area (Å²) in [5.74, 6) is -2.05. The van der Waals surface area contributed by atoms with E-state index in [0.717, 1.165) is 35.6 Å². The predicted octanol–water partition coefficient (Wildman–Crippen LogP) is 0.945. The van der Waals surface area contributed by atoms with E-state index in [1.54, 1.807) is 32.4 Å². The molecule has 0 bridgehead atoms. The molecule has 2 aromatic rings. The minimum absolute atomic E-state index is 0.0278. The number of hydrogen-bond acceptors (Lipinski definition) is 8. The molecule has 1 fully saturated rings. The average Bonchev–Trinajstić information content (AvgIpc) is 3.29. The van der Waals surface area contributed by atoms with E-state index in [0.29, 0.717) is 24.3 Å². The van der Waals surface area contributed by atoms with Gasteiger partial charge in [0.2, 0.25) is 5.91 Å². The second kappa shape index (κ2) is 11.3. The van der Waals surface area contributed by atoms with Crippen LogP contribution in [0.5, 0.6) is 0 Å². The summed E-state index contributed by atoms with van der Waals surface area (Å²) in [6.45, 7) is 3.52. The van der Waals surface area contributed by atoms with Crippen LogP contribution in [0, 0.1) is 12.8 Å². The van der Waals surface area contributed by atoms with Crippen molar-refractivity contribution >= 4 is 40.8 Å². The fourth-order valence-electron chi connectivity index (χ4n) is 4.69. The van der Waals surface area contributed by atoms with Crippen molar-refractivity contribution in [2.45, 2.75) is 51.2 Å². The van der Waals surface area contributed by atoms with Gasteiger partial charge >= 0.3 is 11.8 Å². The maximum Gasteiger partial charge on any atom is 0.314 e. The zero-order valence-corrected chi connectivity index (χ0v) is 22.4. The largest absolute Gasteiger partial charge is 0.349 e. The zero-order chi connectivity index (χ0) is 26.7. The number of thiazole rings is 1. The topological polar surface area (TPSA) is 137 Å². The Morgan fingerprint density at radius 1 is 1.08 bits per heavy atom. The Labute approximate surface area is 220 Å². The highest BCUT2D eigenvalue weighted by atomic mass is 32.1. The van der Waals surface area contributed by atoms with Gasteiger partial charge < -0.3 is 25.8 Å². The molecule has 11 nitrogen and oxygen atoms in total. The second-order valence-corrected chi connectivity index (χ2v) is 11.0. The third-order valence-electron chi connectivity index (χ3n) is 6.75. The molecule has 0 spiro atoms. The van der Waals surface area contributed by atoms with Crippen molar-refractivity contribution < 1.29 is 19.2 Å². The van der Waals surface area contributed by atoms with E-state index in [1.165, 1.54) is 16.2 Å². The molecule has 3 atom stereocenters. The summed E-state index contributed by atoms with van der Waals surface area (Å²) in [5.41, 5.74) is 1.88. The average molecular weight is 528 g/mol. The molecule has 0 radical (unpaired) electrons. The summed E-state index contributed by atoms with van der Waals surface area (Å²) in [5, 5.41) is 8.61. The highest BCUT2D eigenvalue weighted by molar-refractivity contribution is 7.13. The van der Waals surface area contributed by atoms with Gasteiger partial charge in [-0.25, -0.2) is 9.97 Å². The van der Waals surface area contributed by atoms with Crippen molar-refractivity contribution in [1.82, 2.24) is 30.4 Å². The molecule has 1 saturated carbocycles. The lowest BCUT2D eigenvalue weighted by Crippen LogP contribution is -2.57. The lowest BCUT2D eigenvalue weighted by atomic mass is 9.81. The van der Waals surface area contributed by atoms with Gasteiger partial charge in [0.1, 0.15) is 5.82 Å². The van der Waals surface area contributed by atoms with Gasteiger partial charge in [0.25, 0.3) is 5.91 Å². The molecule has 3 unspecified atom stereocenters. The number of amides is 4. The maximum absolute atomic E-state index is 13.2. The van der Waals surface area contributed by atoms with E-state index in [-0.39, 0.29) is 23.6 Å². The number of aryl methyl sites for hydroxylation is 1. The smallest absolute Gasteiger partial charge is 0.314 e. The molecule has 4 amide bonds. The molecular weight excluding hydrogens is 494 g/mol. The number of likely N-dealkylation sites (N-methyl/N-ethyl adjacent to an activating group) is 1. The lowest BCUT2D eigenvalue weighted by Gasteiger charge is -2.37. The number of nitrogens with one attached hydrogen (secondary N) is 3. The van der Waals surface area contributed by atoms with Gasteiger partial charge in [-0.2, -0.15) is 0 Å². The quantitative estimate of drug-likeness (QED) is 0.493. The number of hydrogen-bond donors (Lipinski definition) is 3. The summed E-state index contributed by atoms with van der Waals surface area (Å²) in [6, 6.07) is 2.35. The van der Waals surface area contributed by atoms with Crippen molar-refractivity contribution in [3.63, 3.8) is 0 Å². The van der Waals surface area contributed by atoms with Crippen LogP contribution in [0.2, 0.25) is 0 Å². The molecule has 0 aromatic carbocycles. The monoisotopic (exact) mass is 527 g/mol. The van der Waals surface area contributed by atoms with Crippen LogP contribution in [-0.4, -0.2) is 83.2 Å². The number of carbonyl (C=O) groups is 4. The fourth-order valence-corrected chi connectivity index (χ4v) is 5.78. The SMILES string of the molecule is Cc1ccc(NC(=O)C(=O)NC2CCC(C(=O)N(C)C)CC2NC(=O)c2nc3c(s2)CN(C)CC3)nc1. The Morgan fingerprint density at radius 2 is 1.86 bits per heavy atom. The summed E-state index contributed by atoms with van der Waals surface area (Å²) in [6.07, 6.45) is 3.71. The maximum atomic E-state index is 13.2. The number of aromatic nitrogens is 2. The van der Waals surface area contributed by atoms with Crippen molar-refractivity contribution in [3.8, 4) is 0 Å². The van der Waals surface area contributed by atoms with Gasteiger partial charge in [-0.1, -0.05) is 6.07 Å². The second-order valence-electron chi connectivity index (χ2n) is 9.95.